The van der Waals surface area contributed by atoms with E-state index in [0.29, 0.717) is 5.69 Å². The lowest BCUT2D eigenvalue weighted by Crippen LogP contribution is -2.08. The van der Waals surface area contributed by atoms with Gasteiger partial charge in [0.2, 0.25) is 0 Å². The fourth-order valence-electron chi connectivity index (χ4n) is 1.47. The van der Waals surface area contributed by atoms with Crippen LogP contribution in [-0.4, -0.2) is 0 Å². The SMILES string of the molecule is [C-]#[N+]c1ccc2oc(C(C)(C)C)cc2c1. The van der Waals surface area contributed by atoms with E-state index < -0.39 is 0 Å². The van der Waals surface area contributed by atoms with Gasteiger partial charge in [0.25, 0.3) is 0 Å². The normalized spacial score (nSPS) is 11.6. The molecule has 0 atom stereocenters. The van der Waals surface area contributed by atoms with Crippen molar-refractivity contribution >= 4 is 16.7 Å². The molecule has 0 spiro atoms. The third-order valence-electron chi connectivity index (χ3n) is 2.37. The van der Waals surface area contributed by atoms with Crippen molar-refractivity contribution in [3.8, 4) is 0 Å². The van der Waals surface area contributed by atoms with Crippen molar-refractivity contribution in [1.29, 1.82) is 0 Å². The molecule has 0 aliphatic heterocycles. The molecule has 0 aliphatic carbocycles. The maximum absolute atomic E-state index is 6.94. The number of benzene rings is 1. The molecule has 2 rings (SSSR count). The van der Waals surface area contributed by atoms with Crippen LogP contribution in [0.5, 0.6) is 0 Å². The van der Waals surface area contributed by atoms with Crippen LogP contribution < -0.4 is 0 Å². The van der Waals surface area contributed by atoms with E-state index in [1.54, 1.807) is 6.07 Å². The van der Waals surface area contributed by atoms with Gasteiger partial charge in [-0.3, -0.25) is 0 Å². The molecule has 0 fully saturated rings. The van der Waals surface area contributed by atoms with Crippen LogP contribution in [-0.2, 0) is 5.41 Å². The van der Waals surface area contributed by atoms with Gasteiger partial charge in [-0.25, -0.2) is 4.85 Å². The highest BCUT2D eigenvalue weighted by atomic mass is 16.3. The van der Waals surface area contributed by atoms with Crippen LogP contribution in [0.3, 0.4) is 0 Å². The van der Waals surface area contributed by atoms with Crippen molar-refractivity contribution in [1.82, 2.24) is 0 Å². The van der Waals surface area contributed by atoms with Gasteiger partial charge in [-0.2, -0.15) is 0 Å². The Hall–Kier alpha value is -1.75. The summed E-state index contributed by atoms with van der Waals surface area (Å²) in [7, 11) is 0. The first-order valence-electron chi connectivity index (χ1n) is 4.92. The largest absolute Gasteiger partial charge is 0.461 e. The van der Waals surface area contributed by atoms with Gasteiger partial charge < -0.3 is 4.42 Å². The summed E-state index contributed by atoms with van der Waals surface area (Å²) in [5.74, 6) is 0.958. The van der Waals surface area contributed by atoms with Gasteiger partial charge in [0.15, 0.2) is 5.69 Å². The summed E-state index contributed by atoms with van der Waals surface area (Å²) in [6.45, 7) is 13.3. The zero-order chi connectivity index (χ0) is 11.1. The zero-order valence-electron chi connectivity index (χ0n) is 9.16. The minimum atomic E-state index is 0.0112. The lowest BCUT2D eigenvalue weighted by Gasteiger charge is -2.13. The summed E-state index contributed by atoms with van der Waals surface area (Å²) in [5, 5.41) is 1.01. The number of rotatable bonds is 0. The van der Waals surface area contributed by atoms with Crippen LogP contribution in [0.25, 0.3) is 15.8 Å². The van der Waals surface area contributed by atoms with E-state index in [0.717, 1.165) is 16.7 Å². The van der Waals surface area contributed by atoms with E-state index in [1.165, 1.54) is 0 Å². The Balaban J connectivity index is 2.62. The van der Waals surface area contributed by atoms with Gasteiger partial charge >= 0.3 is 0 Å². The van der Waals surface area contributed by atoms with Crippen LogP contribution in [0.15, 0.2) is 28.7 Å². The molecule has 15 heavy (non-hydrogen) atoms. The van der Waals surface area contributed by atoms with E-state index in [4.69, 9.17) is 11.0 Å². The van der Waals surface area contributed by atoms with Crippen LogP contribution in [0.1, 0.15) is 26.5 Å². The van der Waals surface area contributed by atoms with Gasteiger partial charge in [0, 0.05) is 10.8 Å². The summed E-state index contributed by atoms with van der Waals surface area (Å²) in [4.78, 5) is 3.40. The Morgan fingerprint density at radius 3 is 2.53 bits per heavy atom. The van der Waals surface area contributed by atoms with Crippen molar-refractivity contribution in [2.24, 2.45) is 0 Å². The summed E-state index contributed by atoms with van der Waals surface area (Å²) >= 11 is 0. The summed E-state index contributed by atoms with van der Waals surface area (Å²) < 4.78 is 5.73. The number of nitrogens with zero attached hydrogens (tertiary/aromatic N) is 1. The Bertz CT molecular complexity index is 538. The first-order valence-corrected chi connectivity index (χ1v) is 4.92. The van der Waals surface area contributed by atoms with Gasteiger partial charge in [0.05, 0.1) is 6.57 Å². The summed E-state index contributed by atoms with van der Waals surface area (Å²) in [5.41, 5.74) is 1.52. The van der Waals surface area contributed by atoms with Crippen LogP contribution in [0.4, 0.5) is 5.69 Å². The van der Waals surface area contributed by atoms with Crippen LogP contribution >= 0.6 is 0 Å². The molecule has 1 aromatic carbocycles. The van der Waals surface area contributed by atoms with Crippen molar-refractivity contribution in [3.63, 3.8) is 0 Å². The minimum absolute atomic E-state index is 0.0112. The molecule has 2 heteroatoms. The van der Waals surface area contributed by atoms with Crippen molar-refractivity contribution in [3.05, 3.63) is 41.4 Å². The summed E-state index contributed by atoms with van der Waals surface area (Å²) in [6.07, 6.45) is 0. The number of furan rings is 1. The molecule has 0 amide bonds. The molecule has 76 valence electrons. The average Bonchev–Trinajstić information content (AvgIpc) is 2.59. The maximum atomic E-state index is 6.94. The number of hydrogen-bond acceptors (Lipinski definition) is 1. The first-order chi connectivity index (χ1) is 7.00. The fourth-order valence-corrected chi connectivity index (χ4v) is 1.47. The van der Waals surface area contributed by atoms with E-state index >= 15 is 0 Å². The molecular weight excluding hydrogens is 186 g/mol. The quantitative estimate of drug-likeness (QED) is 0.579. The van der Waals surface area contributed by atoms with Crippen LogP contribution in [0, 0.1) is 6.57 Å². The molecule has 1 aromatic heterocycles. The maximum Gasteiger partial charge on any atom is 0.188 e. The minimum Gasteiger partial charge on any atom is -0.461 e. The third kappa shape index (κ3) is 1.73. The second-order valence-corrected chi connectivity index (χ2v) is 4.69. The third-order valence-corrected chi connectivity index (χ3v) is 2.37. The molecule has 2 nitrogen and oxygen atoms in total. The Kier molecular flexibility index (Phi) is 2.04. The Labute approximate surface area is 89.3 Å². The highest BCUT2D eigenvalue weighted by Crippen LogP contribution is 2.30. The van der Waals surface area contributed by atoms with Crippen molar-refractivity contribution in [2.75, 3.05) is 0 Å². The fraction of sp³-hybridized carbons (Fsp3) is 0.308. The molecule has 0 aliphatic rings. The molecule has 0 bridgehead atoms. The first kappa shape index (κ1) is 9.79. The van der Waals surface area contributed by atoms with Gasteiger partial charge in [-0.15, -0.1) is 0 Å². The highest BCUT2D eigenvalue weighted by molar-refractivity contribution is 5.82. The number of hydrogen-bond donors (Lipinski definition) is 0. The molecule has 2 aromatic rings. The molecule has 0 N–H and O–H groups in total. The second kappa shape index (κ2) is 3.13. The van der Waals surface area contributed by atoms with E-state index in [1.807, 2.05) is 18.2 Å². The molecule has 0 saturated carbocycles. The van der Waals surface area contributed by atoms with Gasteiger partial charge in [0.1, 0.15) is 11.3 Å². The lowest BCUT2D eigenvalue weighted by atomic mass is 9.93. The van der Waals surface area contributed by atoms with Crippen LogP contribution in [0.2, 0.25) is 0 Å². The van der Waals surface area contributed by atoms with E-state index in [2.05, 4.69) is 25.6 Å². The predicted octanol–water partition coefficient (Wildman–Crippen LogP) is 4.28. The molecule has 0 saturated heterocycles. The molecular formula is C13H13NO. The second-order valence-electron chi connectivity index (χ2n) is 4.69. The number of fused-ring (bicyclic) bond motifs is 1. The average molecular weight is 199 g/mol. The Morgan fingerprint density at radius 2 is 1.93 bits per heavy atom. The van der Waals surface area contributed by atoms with E-state index in [-0.39, 0.29) is 5.41 Å². The standard InChI is InChI=1S/C13H13NO/c1-13(2,3)12-8-9-7-10(14-4)5-6-11(9)15-12/h5-8H,1-3H3. The van der Waals surface area contributed by atoms with Gasteiger partial charge in [-0.05, 0) is 18.2 Å². The monoisotopic (exact) mass is 199 g/mol. The molecule has 1 heterocycles. The predicted molar refractivity (Wildman–Crippen MR) is 61.2 cm³/mol. The topological polar surface area (TPSA) is 17.5 Å². The van der Waals surface area contributed by atoms with Crippen molar-refractivity contribution < 1.29 is 4.42 Å². The zero-order valence-corrected chi connectivity index (χ0v) is 9.16. The van der Waals surface area contributed by atoms with E-state index in [9.17, 15) is 0 Å². The van der Waals surface area contributed by atoms with Gasteiger partial charge in [-0.1, -0.05) is 26.8 Å². The lowest BCUT2D eigenvalue weighted by molar-refractivity contribution is 0.430. The smallest absolute Gasteiger partial charge is 0.188 e. The van der Waals surface area contributed by atoms with Crippen molar-refractivity contribution in [2.45, 2.75) is 26.2 Å². The highest BCUT2D eigenvalue weighted by Gasteiger charge is 2.18. The molecule has 0 radical (unpaired) electrons. The Morgan fingerprint density at radius 1 is 1.20 bits per heavy atom. The summed E-state index contributed by atoms with van der Waals surface area (Å²) in [6, 6.07) is 7.52. The molecule has 0 unspecified atom stereocenters.